The summed E-state index contributed by atoms with van der Waals surface area (Å²) in [5.41, 5.74) is 3.18. The third-order valence-corrected chi connectivity index (χ3v) is 3.23. The van der Waals surface area contributed by atoms with Crippen molar-refractivity contribution in [1.29, 1.82) is 0 Å². The first-order chi connectivity index (χ1) is 6.63. The standard InChI is InChI=1S/C14H24/c1-5-14(11(2)3)10-13-8-6-12(4)7-9-13/h8,10-12H,5-7,9H2,1-4H3/b14-10+. The van der Waals surface area contributed by atoms with Crippen LogP contribution in [0.2, 0.25) is 0 Å². The molecular weight excluding hydrogens is 168 g/mol. The molecule has 14 heavy (non-hydrogen) atoms. The molecule has 0 saturated carbocycles. The van der Waals surface area contributed by atoms with E-state index >= 15 is 0 Å². The molecule has 80 valence electrons. The molecule has 1 unspecified atom stereocenters. The van der Waals surface area contributed by atoms with E-state index in [1.165, 1.54) is 25.7 Å². The van der Waals surface area contributed by atoms with Gasteiger partial charge in [-0.3, -0.25) is 0 Å². The van der Waals surface area contributed by atoms with Gasteiger partial charge in [0.1, 0.15) is 0 Å². The van der Waals surface area contributed by atoms with Crippen LogP contribution in [-0.4, -0.2) is 0 Å². The number of hydrogen-bond acceptors (Lipinski definition) is 0. The Morgan fingerprint density at radius 2 is 2.29 bits per heavy atom. The van der Waals surface area contributed by atoms with Crippen molar-refractivity contribution in [2.45, 2.75) is 53.4 Å². The minimum absolute atomic E-state index is 0.709. The fourth-order valence-corrected chi connectivity index (χ4v) is 2.03. The molecule has 0 saturated heterocycles. The van der Waals surface area contributed by atoms with Crippen LogP contribution >= 0.6 is 0 Å². The summed E-state index contributed by atoms with van der Waals surface area (Å²) in [7, 11) is 0. The molecule has 0 aromatic carbocycles. The van der Waals surface area contributed by atoms with E-state index in [1.807, 2.05) is 0 Å². The van der Waals surface area contributed by atoms with Crippen molar-refractivity contribution in [3.63, 3.8) is 0 Å². The minimum Gasteiger partial charge on any atom is -0.0811 e. The van der Waals surface area contributed by atoms with Gasteiger partial charge in [0, 0.05) is 0 Å². The van der Waals surface area contributed by atoms with Gasteiger partial charge in [-0.25, -0.2) is 0 Å². The largest absolute Gasteiger partial charge is 0.0811 e. The van der Waals surface area contributed by atoms with E-state index in [9.17, 15) is 0 Å². The summed E-state index contributed by atoms with van der Waals surface area (Å²) >= 11 is 0. The monoisotopic (exact) mass is 192 g/mol. The first kappa shape index (κ1) is 11.6. The smallest absolute Gasteiger partial charge is 0.0257 e. The summed E-state index contributed by atoms with van der Waals surface area (Å²) < 4.78 is 0. The van der Waals surface area contributed by atoms with E-state index in [0.29, 0.717) is 5.92 Å². The van der Waals surface area contributed by atoms with Gasteiger partial charge in [0.25, 0.3) is 0 Å². The van der Waals surface area contributed by atoms with Gasteiger partial charge >= 0.3 is 0 Å². The molecular formula is C14H24. The Bertz CT molecular complexity index is 230. The predicted molar refractivity (Wildman–Crippen MR) is 64.3 cm³/mol. The van der Waals surface area contributed by atoms with E-state index in [-0.39, 0.29) is 0 Å². The summed E-state index contributed by atoms with van der Waals surface area (Å²) in [4.78, 5) is 0. The molecule has 0 N–H and O–H groups in total. The third-order valence-electron chi connectivity index (χ3n) is 3.23. The summed E-state index contributed by atoms with van der Waals surface area (Å²) in [6, 6.07) is 0. The highest BCUT2D eigenvalue weighted by Crippen LogP contribution is 2.26. The Kier molecular flexibility index (Phi) is 4.44. The van der Waals surface area contributed by atoms with Gasteiger partial charge in [-0.05, 0) is 37.5 Å². The zero-order valence-electron chi connectivity index (χ0n) is 10.1. The van der Waals surface area contributed by atoms with E-state index < -0.39 is 0 Å². The van der Waals surface area contributed by atoms with Crippen LogP contribution in [0.1, 0.15) is 53.4 Å². The van der Waals surface area contributed by atoms with E-state index in [0.717, 1.165) is 5.92 Å². The first-order valence-electron chi connectivity index (χ1n) is 6.03. The molecule has 1 aliphatic carbocycles. The second-order valence-corrected chi connectivity index (χ2v) is 4.89. The van der Waals surface area contributed by atoms with Crippen molar-refractivity contribution in [2.75, 3.05) is 0 Å². The quantitative estimate of drug-likeness (QED) is 0.606. The summed E-state index contributed by atoms with van der Waals surface area (Å²) in [6.45, 7) is 9.20. The highest BCUT2D eigenvalue weighted by atomic mass is 14.1. The highest BCUT2D eigenvalue weighted by molar-refractivity contribution is 5.26. The Hall–Kier alpha value is -0.520. The molecule has 0 fully saturated rings. The lowest BCUT2D eigenvalue weighted by Crippen LogP contribution is -2.01. The molecule has 0 heterocycles. The zero-order chi connectivity index (χ0) is 10.6. The Morgan fingerprint density at radius 3 is 2.71 bits per heavy atom. The lowest BCUT2D eigenvalue weighted by atomic mass is 9.88. The van der Waals surface area contributed by atoms with Crippen LogP contribution in [0, 0.1) is 11.8 Å². The maximum absolute atomic E-state index is 2.44. The SMILES string of the molecule is CC/C(=C\C1=CCC(C)CC1)C(C)C. The van der Waals surface area contributed by atoms with E-state index in [4.69, 9.17) is 0 Å². The highest BCUT2D eigenvalue weighted by Gasteiger charge is 2.09. The Labute approximate surface area is 89.1 Å². The minimum atomic E-state index is 0.709. The second kappa shape index (κ2) is 5.38. The molecule has 0 spiro atoms. The van der Waals surface area contributed by atoms with Crippen molar-refractivity contribution in [3.05, 3.63) is 23.3 Å². The normalized spacial score (nSPS) is 23.9. The molecule has 0 nitrogen and oxygen atoms in total. The van der Waals surface area contributed by atoms with Crippen molar-refractivity contribution >= 4 is 0 Å². The maximum Gasteiger partial charge on any atom is -0.0257 e. The van der Waals surface area contributed by atoms with Crippen molar-refractivity contribution in [2.24, 2.45) is 11.8 Å². The molecule has 0 heteroatoms. The summed E-state index contributed by atoms with van der Waals surface area (Å²) in [5.74, 6) is 1.61. The van der Waals surface area contributed by atoms with Crippen molar-refractivity contribution in [1.82, 2.24) is 0 Å². The number of rotatable bonds is 3. The van der Waals surface area contributed by atoms with Crippen LogP contribution in [0.25, 0.3) is 0 Å². The van der Waals surface area contributed by atoms with Crippen molar-refractivity contribution in [3.8, 4) is 0 Å². The predicted octanol–water partition coefficient (Wildman–Crippen LogP) is 4.73. The lowest BCUT2D eigenvalue weighted by molar-refractivity contribution is 0.518. The number of allylic oxidation sites excluding steroid dienone is 4. The van der Waals surface area contributed by atoms with Gasteiger partial charge < -0.3 is 0 Å². The molecule has 1 rings (SSSR count). The molecule has 0 radical (unpaired) electrons. The zero-order valence-corrected chi connectivity index (χ0v) is 10.1. The van der Waals surface area contributed by atoms with E-state index in [2.05, 4.69) is 39.8 Å². The fourth-order valence-electron chi connectivity index (χ4n) is 2.03. The Balaban J connectivity index is 2.65. The van der Waals surface area contributed by atoms with E-state index in [1.54, 1.807) is 11.1 Å². The van der Waals surface area contributed by atoms with Crippen molar-refractivity contribution < 1.29 is 0 Å². The Morgan fingerprint density at radius 1 is 1.57 bits per heavy atom. The number of hydrogen-bond donors (Lipinski definition) is 0. The van der Waals surface area contributed by atoms with Crippen LogP contribution < -0.4 is 0 Å². The second-order valence-electron chi connectivity index (χ2n) is 4.89. The first-order valence-corrected chi connectivity index (χ1v) is 6.03. The van der Waals surface area contributed by atoms with Crippen LogP contribution in [0.15, 0.2) is 23.3 Å². The average Bonchev–Trinajstić information content (AvgIpc) is 2.16. The van der Waals surface area contributed by atoms with Crippen LogP contribution in [-0.2, 0) is 0 Å². The van der Waals surface area contributed by atoms with Crippen LogP contribution in [0.5, 0.6) is 0 Å². The van der Waals surface area contributed by atoms with Gasteiger partial charge in [0.2, 0.25) is 0 Å². The van der Waals surface area contributed by atoms with Gasteiger partial charge in [0.05, 0.1) is 0 Å². The summed E-state index contributed by atoms with van der Waals surface area (Å²) in [5, 5.41) is 0. The van der Waals surface area contributed by atoms with Gasteiger partial charge in [0.15, 0.2) is 0 Å². The molecule has 0 aromatic rings. The van der Waals surface area contributed by atoms with Gasteiger partial charge in [-0.2, -0.15) is 0 Å². The van der Waals surface area contributed by atoms with Crippen LogP contribution in [0.3, 0.4) is 0 Å². The molecule has 0 amide bonds. The lowest BCUT2D eigenvalue weighted by Gasteiger charge is -2.18. The molecule has 1 aliphatic rings. The molecule has 0 bridgehead atoms. The molecule has 0 aliphatic heterocycles. The fraction of sp³-hybridized carbons (Fsp3) is 0.714. The van der Waals surface area contributed by atoms with Gasteiger partial charge in [-0.1, -0.05) is 51.0 Å². The topological polar surface area (TPSA) is 0 Å². The van der Waals surface area contributed by atoms with Crippen LogP contribution in [0.4, 0.5) is 0 Å². The van der Waals surface area contributed by atoms with Gasteiger partial charge in [-0.15, -0.1) is 0 Å². The maximum atomic E-state index is 2.44. The molecule has 0 aromatic heterocycles. The third kappa shape index (κ3) is 3.32. The average molecular weight is 192 g/mol. The summed E-state index contributed by atoms with van der Waals surface area (Å²) in [6.07, 6.45) is 10.0. The molecule has 1 atom stereocenters.